The van der Waals surface area contributed by atoms with E-state index in [0.717, 1.165) is 16.7 Å². The van der Waals surface area contributed by atoms with Gasteiger partial charge in [-0.25, -0.2) is 4.98 Å². The van der Waals surface area contributed by atoms with Crippen molar-refractivity contribution in [3.8, 4) is 22.6 Å². The van der Waals surface area contributed by atoms with Gasteiger partial charge in [0, 0.05) is 35.6 Å². The van der Waals surface area contributed by atoms with E-state index in [9.17, 15) is 0 Å². The number of nitrogens with zero attached hydrogens (tertiary/aromatic N) is 5. The molecule has 0 saturated carbocycles. The first-order chi connectivity index (χ1) is 11.1. The zero-order chi connectivity index (χ0) is 16.0. The highest BCUT2D eigenvalue weighted by Gasteiger charge is 2.18. The van der Waals surface area contributed by atoms with Gasteiger partial charge in [0.2, 0.25) is 0 Å². The number of aliphatic imine (C=N–C) groups is 1. The fourth-order valence-electron chi connectivity index (χ4n) is 2.65. The van der Waals surface area contributed by atoms with Crippen LogP contribution in [0, 0.1) is 0 Å². The molecule has 2 N–H and O–H groups in total. The third kappa shape index (κ3) is 2.37. The number of rotatable bonds is 2. The second kappa shape index (κ2) is 5.17. The van der Waals surface area contributed by atoms with E-state index >= 15 is 0 Å². The van der Waals surface area contributed by atoms with Gasteiger partial charge < -0.3 is 5.73 Å². The van der Waals surface area contributed by atoms with E-state index in [1.54, 1.807) is 4.68 Å². The van der Waals surface area contributed by atoms with Gasteiger partial charge in [0.05, 0.1) is 18.4 Å². The normalized spacial score (nSPS) is 12.6. The van der Waals surface area contributed by atoms with Crippen LogP contribution < -0.4 is 5.73 Å². The number of aryl methyl sites for hydroxylation is 1. The Balaban J connectivity index is 1.93. The lowest BCUT2D eigenvalue weighted by Crippen LogP contribution is -2.00. The Hall–Kier alpha value is -2.73. The Morgan fingerprint density at radius 2 is 2.13 bits per heavy atom. The zero-order valence-corrected chi connectivity index (χ0v) is 13.1. The molecule has 3 heterocycles. The molecule has 0 amide bonds. The fourth-order valence-corrected chi connectivity index (χ4v) is 2.93. The van der Waals surface area contributed by atoms with Crippen LogP contribution in [0.3, 0.4) is 0 Å². The number of hydrogen-bond donors (Lipinski definition) is 1. The van der Waals surface area contributed by atoms with Crippen LogP contribution >= 0.6 is 11.6 Å². The van der Waals surface area contributed by atoms with E-state index < -0.39 is 0 Å². The molecule has 0 aliphatic carbocycles. The number of benzene rings is 1. The number of hydrogen-bond acceptors (Lipinski definition) is 5. The van der Waals surface area contributed by atoms with Crippen molar-refractivity contribution in [1.82, 2.24) is 19.7 Å². The van der Waals surface area contributed by atoms with Crippen LogP contribution in [0.5, 0.6) is 0 Å². The van der Waals surface area contributed by atoms with Gasteiger partial charge in [-0.05, 0) is 23.8 Å². The van der Waals surface area contributed by atoms with Crippen LogP contribution in [-0.4, -0.2) is 26.0 Å². The summed E-state index contributed by atoms with van der Waals surface area (Å²) in [4.78, 5) is 13.1. The first kappa shape index (κ1) is 13.9. The molecule has 0 radical (unpaired) electrons. The van der Waals surface area contributed by atoms with Crippen LogP contribution in [0.25, 0.3) is 22.6 Å². The molecule has 7 heteroatoms. The highest BCUT2D eigenvalue weighted by Crippen LogP contribution is 2.34. The Labute approximate surface area is 137 Å². The van der Waals surface area contributed by atoms with Crippen molar-refractivity contribution in [2.24, 2.45) is 12.0 Å². The number of fused-ring (bicyclic) bond motifs is 1. The molecule has 114 valence electrons. The van der Waals surface area contributed by atoms with Gasteiger partial charge in [-0.15, -0.1) is 0 Å². The molecule has 0 bridgehead atoms. The minimum atomic E-state index is 0.350. The molecule has 0 unspecified atom stereocenters. The van der Waals surface area contributed by atoms with Gasteiger partial charge in [0.15, 0.2) is 0 Å². The molecule has 0 atom stereocenters. The Bertz CT molecular complexity index is 944. The van der Waals surface area contributed by atoms with Gasteiger partial charge in [0.25, 0.3) is 0 Å². The second-order valence-corrected chi connectivity index (χ2v) is 5.77. The van der Waals surface area contributed by atoms with Gasteiger partial charge in [0.1, 0.15) is 17.2 Å². The summed E-state index contributed by atoms with van der Waals surface area (Å²) in [6.45, 7) is 0.620. The van der Waals surface area contributed by atoms with Crippen molar-refractivity contribution in [1.29, 1.82) is 0 Å². The minimum absolute atomic E-state index is 0.350. The van der Waals surface area contributed by atoms with Gasteiger partial charge in [-0.1, -0.05) is 11.6 Å². The standard InChI is InChI=1S/C16H13ClN6/c1-23-3-2-13(22-23)16-15(20-8-14(18)21-16)9-4-10-6-19-7-11(10)12(17)5-9/h2-6,8H,7H2,1H3,(H2,18,21). The molecular formula is C16H13ClN6. The minimum Gasteiger partial charge on any atom is -0.382 e. The molecule has 1 aromatic carbocycles. The first-order valence-corrected chi connectivity index (χ1v) is 7.45. The predicted molar refractivity (Wildman–Crippen MR) is 90.4 cm³/mol. The van der Waals surface area contributed by atoms with Crippen LogP contribution in [0.2, 0.25) is 5.02 Å². The van der Waals surface area contributed by atoms with E-state index in [4.69, 9.17) is 17.3 Å². The summed E-state index contributed by atoms with van der Waals surface area (Å²) >= 11 is 6.39. The third-order valence-corrected chi connectivity index (χ3v) is 4.07. The molecule has 3 aromatic rings. The first-order valence-electron chi connectivity index (χ1n) is 7.07. The number of nitrogen functional groups attached to an aromatic ring is 1. The average molecular weight is 325 g/mol. The topological polar surface area (TPSA) is 82.0 Å². The van der Waals surface area contributed by atoms with Crippen LogP contribution in [-0.2, 0) is 13.6 Å². The van der Waals surface area contributed by atoms with Crippen LogP contribution in [0.15, 0.2) is 35.6 Å². The Morgan fingerprint density at radius 1 is 1.26 bits per heavy atom. The van der Waals surface area contributed by atoms with E-state index in [1.165, 1.54) is 6.20 Å². The third-order valence-electron chi connectivity index (χ3n) is 3.73. The average Bonchev–Trinajstić information content (AvgIpc) is 3.16. The summed E-state index contributed by atoms with van der Waals surface area (Å²) in [6.07, 6.45) is 5.22. The van der Waals surface area contributed by atoms with Crippen molar-refractivity contribution in [3.05, 3.63) is 46.7 Å². The molecule has 6 nitrogen and oxygen atoms in total. The van der Waals surface area contributed by atoms with E-state index in [-0.39, 0.29) is 0 Å². The molecule has 2 aromatic heterocycles. The maximum Gasteiger partial charge on any atom is 0.142 e. The molecule has 0 fully saturated rings. The lowest BCUT2D eigenvalue weighted by Gasteiger charge is -2.10. The number of halogens is 1. The quantitative estimate of drug-likeness (QED) is 0.785. The molecule has 4 rings (SSSR count). The Kier molecular flexibility index (Phi) is 3.12. The van der Waals surface area contributed by atoms with Gasteiger partial charge in [-0.2, -0.15) is 5.10 Å². The molecular weight excluding hydrogens is 312 g/mol. The van der Waals surface area contributed by atoms with E-state index in [2.05, 4.69) is 20.1 Å². The summed E-state index contributed by atoms with van der Waals surface area (Å²) < 4.78 is 1.71. The summed E-state index contributed by atoms with van der Waals surface area (Å²) in [5, 5.41) is 5.08. The zero-order valence-electron chi connectivity index (χ0n) is 12.4. The predicted octanol–water partition coefficient (Wildman–Crippen LogP) is 2.71. The molecule has 23 heavy (non-hydrogen) atoms. The SMILES string of the molecule is Cn1ccc(-c2nc(N)cnc2-c2cc(Cl)c3c(c2)C=NC3)n1. The van der Waals surface area contributed by atoms with Crippen LogP contribution in [0.1, 0.15) is 11.1 Å². The lowest BCUT2D eigenvalue weighted by atomic mass is 10.0. The van der Waals surface area contributed by atoms with Gasteiger partial charge >= 0.3 is 0 Å². The summed E-state index contributed by atoms with van der Waals surface area (Å²) in [7, 11) is 1.85. The lowest BCUT2D eigenvalue weighted by molar-refractivity contribution is 0.770. The van der Waals surface area contributed by atoms with Crippen molar-refractivity contribution in [2.75, 3.05) is 5.73 Å². The highest BCUT2D eigenvalue weighted by molar-refractivity contribution is 6.32. The maximum absolute atomic E-state index is 6.39. The van der Waals surface area contributed by atoms with E-state index in [1.807, 2.05) is 37.7 Å². The van der Waals surface area contributed by atoms with Crippen molar-refractivity contribution < 1.29 is 0 Å². The van der Waals surface area contributed by atoms with Gasteiger partial charge in [-0.3, -0.25) is 14.7 Å². The molecule has 1 aliphatic rings. The van der Waals surface area contributed by atoms with E-state index in [0.29, 0.717) is 34.5 Å². The molecule has 0 spiro atoms. The van der Waals surface area contributed by atoms with Crippen molar-refractivity contribution in [3.63, 3.8) is 0 Å². The number of aromatic nitrogens is 4. The van der Waals surface area contributed by atoms with Crippen molar-refractivity contribution >= 4 is 23.6 Å². The second-order valence-electron chi connectivity index (χ2n) is 5.36. The number of anilines is 1. The summed E-state index contributed by atoms with van der Waals surface area (Å²) in [5.74, 6) is 0.350. The smallest absolute Gasteiger partial charge is 0.142 e. The Morgan fingerprint density at radius 3 is 2.91 bits per heavy atom. The largest absolute Gasteiger partial charge is 0.382 e. The summed E-state index contributed by atoms with van der Waals surface area (Å²) in [6, 6.07) is 5.79. The van der Waals surface area contributed by atoms with Crippen LogP contribution in [0.4, 0.5) is 5.82 Å². The highest BCUT2D eigenvalue weighted by atomic mass is 35.5. The fraction of sp³-hybridized carbons (Fsp3) is 0.125. The monoisotopic (exact) mass is 324 g/mol. The number of nitrogens with two attached hydrogens (primary N) is 1. The van der Waals surface area contributed by atoms with Crippen molar-refractivity contribution in [2.45, 2.75) is 6.54 Å². The molecule has 0 saturated heterocycles. The summed E-state index contributed by atoms with van der Waals surface area (Å²) in [5.41, 5.74) is 10.8. The molecule has 1 aliphatic heterocycles. The maximum atomic E-state index is 6.39.